The molecule has 2 aromatic rings. The summed E-state index contributed by atoms with van der Waals surface area (Å²) in [4.78, 5) is 25.6. The monoisotopic (exact) mass is 384 g/mol. The lowest BCUT2D eigenvalue weighted by Crippen LogP contribution is -2.28. The van der Waals surface area contributed by atoms with Gasteiger partial charge in [-0.05, 0) is 41.5 Å². The summed E-state index contributed by atoms with van der Waals surface area (Å²) in [6.07, 6.45) is 1.71. The lowest BCUT2D eigenvalue weighted by atomic mass is 10.1. The molecule has 1 saturated heterocycles. The number of aromatic carboxylic acids is 1. The molecular formula is C18H10NO5S2-. The van der Waals surface area contributed by atoms with Crippen LogP contribution in [0.25, 0.3) is 6.08 Å². The summed E-state index contributed by atoms with van der Waals surface area (Å²) in [5, 5.41) is 11.0. The zero-order valence-electron chi connectivity index (χ0n) is 13.1. The van der Waals surface area contributed by atoms with E-state index in [2.05, 4.69) is 0 Å². The van der Waals surface area contributed by atoms with Crippen molar-refractivity contribution in [3.63, 3.8) is 0 Å². The molecule has 2 aliphatic rings. The Bertz CT molecular complexity index is 985. The second kappa shape index (κ2) is 6.47. The largest absolute Gasteiger partial charge is 0.545 e. The number of ether oxygens (including phenoxy) is 2. The smallest absolute Gasteiger partial charge is 0.270 e. The van der Waals surface area contributed by atoms with Crippen LogP contribution in [0.3, 0.4) is 0 Å². The van der Waals surface area contributed by atoms with Gasteiger partial charge in [0.05, 0.1) is 16.6 Å². The zero-order valence-corrected chi connectivity index (χ0v) is 14.8. The van der Waals surface area contributed by atoms with Gasteiger partial charge in [0.25, 0.3) is 5.91 Å². The van der Waals surface area contributed by atoms with Gasteiger partial charge in [0, 0.05) is 0 Å². The number of rotatable bonds is 3. The number of amides is 1. The second-order valence-corrected chi connectivity index (χ2v) is 7.14. The van der Waals surface area contributed by atoms with Crippen LogP contribution >= 0.6 is 24.0 Å². The van der Waals surface area contributed by atoms with Crippen LogP contribution in [-0.4, -0.2) is 23.0 Å². The number of hydrogen-bond donors (Lipinski definition) is 0. The predicted octanol–water partition coefficient (Wildman–Crippen LogP) is 2.18. The van der Waals surface area contributed by atoms with Gasteiger partial charge >= 0.3 is 0 Å². The summed E-state index contributed by atoms with van der Waals surface area (Å²) in [7, 11) is 0. The molecule has 0 radical (unpaired) electrons. The molecule has 8 heteroatoms. The van der Waals surface area contributed by atoms with Crippen LogP contribution in [0.5, 0.6) is 11.5 Å². The molecule has 130 valence electrons. The minimum Gasteiger partial charge on any atom is -0.545 e. The molecule has 1 fully saturated rings. The Kier molecular flexibility index (Phi) is 4.14. The first-order valence-corrected chi connectivity index (χ1v) is 8.74. The molecule has 0 bridgehead atoms. The Morgan fingerprint density at radius 2 is 2.00 bits per heavy atom. The first-order chi connectivity index (χ1) is 12.5. The van der Waals surface area contributed by atoms with Crippen molar-refractivity contribution in [3.8, 4) is 11.5 Å². The van der Waals surface area contributed by atoms with E-state index in [1.807, 2.05) is 6.07 Å². The number of carboxylic acids is 1. The second-order valence-electron chi connectivity index (χ2n) is 5.47. The van der Waals surface area contributed by atoms with Crippen LogP contribution in [0.15, 0.2) is 47.4 Å². The maximum absolute atomic E-state index is 12.8. The van der Waals surface area contributed by atoms with Crippen LogP contribution < -0.4 is 19.5 Å². The molecule has 0 aromatic heterocycles. The molecule has 4 rings (SSSR count). The van der Waals surface area contributed by atoms with Gasteiger partial charge in [-0.25, -0.2) is 0 Å². The number of hydrogen-bond acceptors (Lipinski definition) is 7. The summed E-state index contributed by atoms with van der Waals surface area (Å²) >= 11 is 6.45. The molecule has 0 N–H and O–H groups in total. The summed E-state index contributed by atoms with van der Waals surface area (Å²) in [5.74, 6) is -0.342. The highest BCUT2D eigenvalue weighted by Gasteiger charge is 2.33. The normalized spacial score (nSPS) is 17.2. The molecule has 26 heavy (non-hydrogen) atoms. The number of carbonyl (C=O) groups is 2. The van der Waals surface area contributed by atoms with E-state index in [1.165, 1.54) is 17.0 Å². The van der Waals surface area contributed by atoms with Crippen molar-refractivity contribution < 1.29 is 24.2 Å². The maximum atomic E-state index is 12.8. The summed E-state index contributed by atoms with van der Waals surface area (Å²) in [6.45, 7) is 0.176. The van der Waals surface area contributed by atoms with E-state index in [0.717, 1.165) is 17.3 Å². The number of fused-ring (bicyclic) bond motifs is 1. The van der Waals surface area contributed by atoms with Gasteiger partial charge in [0.2, 0.25) is 6.79 Å². The van der Waals surface area contributed by atoms with Gasteiger partial charge in [0.1, 0.15) is 0 Å². The number of carbonyl (C=O) groups excluding carboxylic acids is 2. The number of benzene rings is 2. The van der Waals surface area contributed by atoms with E-state index in [0.29, 0.717) is 26.4 Å². The molecule has 0 aliphatic carbocycles. The fourth-order valence-corrected chi connectivity index (χ4v) is 3.92. The van der Waals surface area contributed by atoms with Crippen LogP contribution in [-0.2, 0) is 4.79 Å². The van der Waals surface area contributed by atoms with Crippen molar-refractivity contribution in [2.75, 3.05) is 11.7 Å². The predicted molar refractivity (Wildman–Crippen MR) is 99.0 cm³/mol. The number of nitrogens with zero attached hydrogens (tertiary/aromatic N) is 1. The quantitative estimate of drug-likeness (QED) is 0.593. The van der Waals surface area contributed by atoms with E-state index < -0.39 is 5.97 Å². The average molecular weight is 384 g/mol. The van der Waals surface area contributed by atoms with Crippen molar-refractivity contribution in [2.45, 2.75) is 0 Å². The molecular weight excluding hydrogens is 374 g/mol. The van der Waals surface area contributed by atoms with E-state index in [1.54, 1.807) is 30.3 Å². The lowest BCUT2D eigenvalue weighted by Gasteiger charge is -2.15. The van der Waals surface area contributed by atoms with Crippen molar-refractivity contribution in [1.29, 1.82) is 0 Å². The molecule has 0 atom stereocenters. The van der Waals surface area contributed by atoms with Gasteiger partial charge in [-0.15, -0.1) is 0 Å². The maximum Gasteiger partial charge on any atom is 0.270 e. The molecule has 0 unspecified atom stereocenters. The molecule has 0 saturated carbocycles. The Morgan fingerprint density at radius 3 is 2.81 bits per heavy atom. The van der Waals surface area contributed by atoms with E-state index >= 15 is 0 Å². The first kappa shape index (κ1) is 16.6. The highest BCUT2D eigenvalue weighted by atomic mass is 32.2. The standard InChI is InChI=1S/C18H11NO5S2/c20-16-15(7-10-4-5-13-14(6-10)24-9-23-13)26-18(25)19(16)12-3-1-2-11(8-12)17(21)22/h1-8H,9H2,(H,21,22)/p-1. The van der Waals surface area contributed by atoms with Crippen LogP contribution in [0.1, 0.15) is 15.9 Å². The van der Waals surface area contributed by atoms with Crippen LogP contribution in [0, 0.1) is 0 Å². The number of carboxylic acid groups (broad SMARTS) is 1. The Morgan fingerprint density at radius 1 is 1.19 bits per heavy atom. The summed E-state index contributed by atoms with van der Waals surface area (Å²) in [6, 6.07) is 11.3. The summed E-state index contributed by atoms with van der Waals surface area (Å²) < 4.78 is 10.9. The highest BCUT2D eigenvalue weighted by Crippen LogP contribution is 2.38. The van der Waals surface area contributed by atoms with Gasteiger partial charge in [-0.3, -0.25) is 9.69 Å². The third kappa shape index (κ3) is 2.93. The highest BCUT2D eigenvalue weighted by molar-refractivity contribution is 8.27. The Labute approximate surface area is 158 Å². The average Bonchev–Trinajstić information content (AvgIpc) is 3.19. The molecule has 2 heterocycles. The first-order valence-electron chi connectivity index (χ1n) is 7.52. The minimum absolute atomic E-state index is 0.0173. The minimum atomic E-state index is -1.31. The van der Waals surface area contributed by atoms with Crippen LogP contribution in [0.2, 0.25) is 0 Å². The third-order valence-corrected chi connectivity index (χ3v) is 5.13. The number of thiocarbonyl (C=S) groups is 1. The van der Waals surface area contributed by atoms with Crippen molar-refractivity contribution in [2.24, 2.45) is 0 Å². The van der Waals surface area contributed by atoms with Crippen molar-refractivity contribution in [3.05, 3.63) is 58.5 Å². The number of anilines is 1. The molecule has 2 aromatic carbocycles. The van der Waals surface area contributed by atoms with Gasteiger partial charge in [0.15, 0.2) is 15.8 Å². The van der Waals surface area contributed by atoms with E-state index in [9.17, 15) is 14.7 Å². The summed E-state index contributed by atoms with van der Waals surface area (Å²) in [5.41, 5.74) is 1.15. The fraction of sp³-hybridized carbons (Fsp3) is 0.0556. The number of thioether (sulfide) groups is 1. The van der Waals surface area contributed by atoms with Gasteiger partial charge < -0.3 is 19.4 Å². The topological polar surface area (TPSA) is 78.9 Å². The Hall–Kier alpha value is -2.84. The molecule has 2 aliphatic heterocycles. The molecule has 0 spiro atoms. The van der Waals surface area contributed by atoms with Crippen molar-refractivity contribution >= 4 is 51.9 Å². The van der Waals surface area contributed by atoms with Gasteiger partial charge in [-0.2, -0.15) is 0 Å². The zero-order chi connectivity index (χ0) is 18.3. The van der Waals surface area contributed by atoms with Crippen molar-refractivity contribution in [1.82, 2.24) is 0 Å². The van der Waals surface area contributed by atoms with Gasteiger partial charge in [-0.1, -0.05) is 42.2 Å². The fourth-order valence-electron chi connectivity index (χ4n) is 2.62. The van der Waals surface area contributed by atoms with E-state index in [-0.39, 0.29) is 18.3 Å². The molecule has 1 amide bonds. The van der Waals surface area contributed by atoms with Crippen LogP contribution in [0.4, 0.5) is 5.69 Å². The third-order valence-electron chi connectivity index (χ3n) is 3.83. The SMILES string of the molecule is O=C([O-])c1cccc(N2C(=O)C(=Cc3ccc4c(c3)OCO4)SC2=S)c1. The lowest BCUT2D eigenvalue weighted by molar-refractivity contribution is -0.255. The van der Waals surface area contributed by atoms with E-state index in [4.69, 9.17) is 21.7 Å². The Balaban J connectivity index is 1.65. The molecule has 6 nitrogen and oxygen atoms in total.